The number of hydrogen-bond donors (Lipinski definition) is 1. The van der Waals surface area contributed by atoms with Crippen LogP contribution in [0.4, 0.5) is 5.69 Å². The van der Waals surface area contributed by atoms with Crippen LogP contribution in [0.25, 0.3) is 10.8 Å². The lowest BCUT2D eigenvalue weighted by atomic mass is 10.0. The minimum Gasteiger partial charge on any atom is -0.396 e. The maximum atomic E-state index is 9.25. The van der Waals surface area contributed by atoms with E-state index in [4.69, 9.17) is 0 Å². The zero-order valence-corrected chi connectivity index (χ0v) is 10.1. The standard InChI is InChI=1S/C15H17NO/c1-2-16-13(9-10-17)12-7-3-5-11-6-4-8-14(16)15(11)12/h3-8,13,17H,2,9-10H2,1H3. The third-order valence-corrected chi connectivity index (χ3v) is 3.70. The van der Waals surface area contributed by atoms with Crippen LogP contribution < -0.4 is 4.90 Å². The Bertz CT molecular complexity index is 544. The lowest BCUT2D eigenvalue weighted by Gasteiger charge is -2.26. The first-order chi connectivity index (χ1) is 8.36. The van der Waals surface area contributed by atoms with Crippen LogP contribution in [0, 0.1) is 0 Å². The van der Waals surface area contributed by atoms with Gasteiger partial charge in [0.2, 0.25) is 0 Å². The second-order valence-corrected chi connectivity index (χ2v) is 4.54. The van der Waals surface area contributed by atoms with Gasteiger partial charge in [-0.3, -0.25) is 0 Å². The van der Waals surface area contributed by atoms with Gasteiger partial charge in [0, 0.05) is 24.2 Å². The van der Waals surface area contributed by atoms with Gasteiger partial charge in [-0.05, 0) is 30.4 Å². The summed E-state index contributed by atoms with van der Waals surface area (Å²) in [6.07, 6.45) is 0.807. The molecule has 0 saturated carbocycles. The van der Waals surface area contributed by atoms with E-state index in [2.05, 4.69) is 48.2 Å². The molecule has 1 N–H and O–H groups in total. The molecule has 0 radical (unpaired) electrons. The van der Waals surface area contributed by atoms with E-state index in [-0.39, 0.29) is 6.61 Å². The Morgan fingerprint density at radius 1 is 1.18 bits per heavy atom. The molecule has 2 aromatic rings. The third-order valence-electron chi connectivity index (χ3n) is 3.70. The first kappa shape index (κ1) is 10.6. The Morgan fingerprint density at radius 2 is 1.94 bits per heavy atom. The molecule has 88 valence electrons. The van der Waals surface area contributed by atoms with Crippen LogP contribution in [-0.2, 0) is 0 Å². The first-order valence-corrected chi connectivity index (χ1v) is 6.26. The molecule has 0 saturated heterocycles. The maximum absolute atomic E-state index is 9.25. The largest absolute Gasteiger partial charge is 0.396 e. The monoisotopic (exact) mass is 227 g/mol. The number of aliphatic hydroxyl groups is 1. The highest BCUT2D eigenvalue weighted by molar-refractivity contribution is 6.00. The van der Waals surface area contributed by atoms with Gasteiger partial charge in [-0.15, -0.1) is 0 Å². The summed E-state index contributed by atoms with van der Waals surface area (Å²) in [6.45, 7) is 3.40. The second-order valence-electron chi connectivity index (χ2n) is 4.54. The van der Waals surface area contributed by atoms with Crippen LogP contribution in [0.15, 0.2) is 36.4 Å². The van der Waals surface area contributed by atoms with Crippen molar-refractivity contribution in [3.05, 3.63) is 42.0 Å². The summed E-state index contributed by atoms with van der Waals surface area (Å²) in [4.78, 5) is 2.40. The van der Waals surface area contributed by atoms with Gasteiger partial charge in [0.1, 0.15) is 0 Å². The fraction of sp³-hybridized carbons (Fsp3) is 0.333. The predicted molar refractivity (Wildman–Crippen MR) is 71.4 cm³/mol. The summed E-state index contributed by atoms with van der Waals surface area (Å²) in [5.41, 5.74) is 2.69. The molecule has 3 rings (SSSR count). The summed E-state index contributed by atoms with van der Waals surface area (Å²) < 4.78 is 0. The number of anilines is 1. The summed E-state index contributed by atoms with van der Waals surface area (Å²) in [5.74, 6) is 0. The topological polar surface area (TPSA) is 23.5 Å². The average molecular weight is 227 g/mol. The molecular weight excluding hydrogens is 210 g/mol. The summed E-state index contributed by atoms with van der Waals surface area (Å²) in [7, 11) is 0. The SMILES string of the molecule is CCN1c2cccc3cccc(c23)C1CCO. The molecule has 2 nitrogen and oxygen atoms in total. The van der Waals surface area contributed by atoms with Crippen LogP contribution >= 0.6 is 0 Å². The van der Waals surface area contributed by atoms with Gasteiger partial charge in [-0.25, -0.2) is 0 Å². The Labute approximate surface area is 101 Å². The number of rotatable bonds is 3. The normalized spacial score (nSPS) is 18.0. The van der Waals surface area contributed by atoms with E-state index in [1.54, 1.807) is 0 Å². The molecule has 1 aliphatic heterocycles. The van der Waals surface area contributed by atoms with Crippen molar-refractivity contribution in [3.8, 4) is 0 Å². The fourth-order valence-corrected chi connectivity index (χ4v) is 3.03. The van der Waals surface area contributed by atoms with Gasteiger partial charge in [0.05, 0.1) is 6.04 Å². The Morgan fingerprint density at radius 3 is 2.65 bits per heavy atom. The lowest BCUT2D eigenvalue weighted by molar-refractivity contribution is 0.275. The third kappa shape index (κ3) is 1.44. The highest BCUT2D eigenvalue weighted by atomic mass is 16.3. The molecule has 0 aliphatic carbocycles. The Hall–Kier alpha value is -1.54. The van der Waals surface area contributed by atoms with Crippen LogP contribution in [0.3, 0.4) is 0 Å². The Balaban J connectivity index is 2.24. The predicted octanol–water partition coefficient (Wildman–Crippen LogP) is 3.10. The van der Waals surface area contributed by atoms with Gasteiger partial charge in [-0.2, -0.15) is 0 Å². The summed E-state index contributed by atoms with van der Waals surface area (Å²) in [5, 5.41) is 11.9. The average Bonchev–Trinajstić information content (AvgIpc) is 2.67. The van der Waals surface area contributed by atoms with Crippen molar-refractivity contribution in [2.24, 2.45) is 0 Å². The van der Waals surface area contributed by atoms with E-state index in [0.29, 0.717) is 6.04 Å². The number of hydrogen-bond acceptors (Lipinski definition) is 2. The first-order valence-electron chi connectivity index (χ1n) is 6.26. The molecule has 1 heterocycles. The van der Waals surface area contributed by atoms with Crippen LogP contribution in [0.5, 0.6) is 0 Å². The maximum Gasteiger partial charge on any atom is 0.0571 e. The van der Waals surface area contributed by atoms with E-state index in [1.165, 1.54) is 22.0 Å². The number of nitrogens with zero attached hydrogens (tertiary/aromatic N) is 1. The highest BCUT2D eigenvalue weighted by Gasteiger charge is 2.29. The van der Waals surface area contributed by atoms with Crippen LogP contribution in [0.2, 0.25) is 0 Å². The van der Waals surface area contributed by atoms with Crippen LogP contribution in [-0.4, -0.2) is 18.3 Å². The van der Waals surface area contributed by atoms with E-state index < -0.39 is 0 Å². The molecule has 0 spiro atoms. The van der Waals surface area contributed by atoms with E-state index in [1.807, 2.05) is 0 Å². The lowest BCUT2D eigenvalue weighted by Crippen LogP contribution is -2.25. The molecule has 17 heavy (non-hydrogen) atoms. The van der Waals surface area contributed by atoms with Crippen molar-refractivity contribution in [1.82, 2.24) is 0 Å². The zero-order valence-electron chi connectivity index (χ0n) is 10.1. The minimum atomic E-state index is 0.242. The van der Waals surface area contributed by atoms with Crippen molar-refractivity contribution >= 4 is 16.5 Å². The summed E-state index contributed by atoms with van der Waals surface area (Å²) >= 11 is 0. The van der Waals surface area contributed by atoms with Crippen molar-refractivity contribution in [2.45, 2.75) is 19.4 Å². The second kappa shape index (κ2) is 4.04. The molecule has 0 aromatic heterocycles. The van der Waals surface area contributed by atoms with E-state index in [9.17, 15) is 5.11 Å². The van der Waals surface area contributed by atoms with Gasteiger partial charge < -0.3 is 10.0 Å². The molecule has 0 bridgehead atoms. The van der Waals surface area contributed by atoms with E-state index in [0.717, 1.165) is 13.0 Å². The number of aliphatic hydroxyl groups excluding tert-OH is 1. The molecule has 1 atom stereocenters. The van der Waals surface area contributed by atoms with Crippen molar-refractivity contribution < 1.29 is 5.11 Å². The molecular formula is C15H17NO. The molecule has 1 aliphatic rings. The minimum absolute atomic E-state index is 0.242. The van der Waals surface area contributed by atoms with Crippen molar-refractivity contribution in [3.63, 3.8) is 0 Å². The smallest absolute Gasteiger partial charge is 0.0571 e. The molecule has 0 fully saturated rings. The molecule has 2 heteroatoms. The van der Waals surface area contributed by atoms with Gasteiger partial charge in [0.15, 0.2) is 0 Å². The van der Waals surface area contributed by atoms with Crippen molar-refractivity contribution in [2.75, 3.05) is 18.1 Å². The summed E-state index contributed by atoms with van der Waals surface area (Å²) in [6, 6.07) is 13.3. The molecule has 1 unspecified atom stereocenters. The molecule has 2 aromatic carbocycles. The highest BCUT2D eigenvalue weighted by Crippen LogP contribution is 2.44. The van der Waals surface area contributed by atoms with Crippen molar-refractivity contribution in [1.29, 1.82) is 0 Å². The molecule has 0 amide bonds. The zero-order chi connectivity index (χ0) is 11.8. The Kier molecular flexibility index (Phi) is 2.52. The number of benzene rings is 2. The van der Waals surface area contributed by atoms with Gasteiger partial charge in [0.25, 0.3) is 0 Å². The van der Waals surface area contributed by atoms with Crippen LogP contribution in [0.1, 0.15) is 24.9 Å². The van der Waals surface area contributed by atoms with E-state index >= 15 is 0 Å². The van der Waals surface area contributed by atoms with Gasteiger partial charge in [-0.1, -0.05) is 30.3 Å². The quantitative estimate of drug-likeness (QED) is 0.871. The van der Waals surface area contributed by atoms with Gasteiger partial charge >= 0.3 is 0 Å². The fourth-order valence-electron chi connectivity index (χ4n) is 3.03.